The number of hydrogen-bond donors (Lipinski definition) is 4. The van der Waals surface area contributed by atoms with Gasteiger partial charge in [0.15, 0.2) is 17.4 Å². The summed E-state index contributed by atoms with van der Waals surface area (Å²) in [6, 6.07) is 10.2. The van der Waals surface area contributed by atoms with E-state index in [0.29, 0.717) is 25.0 Å². The van der Waals surface area contributed by atoms with Crippen LogP contribution in [0.3, 0.4) is 0 Å². The van der Waals surface area contributed by atoms with Crippen LogP contribution in [0.5, 0.6) is 0 Å². The molecule has 0 saturated carbocycles. The Morgan fingerprint density at radius 1 is 1.20 bits per heavy atom. The van der Waals surface area contributed by atoms with Crippen molar-refractivity contribution in [1.82, 2.24) is 19.5 Å². The summed E-state index contributed by atoms with van der Waals surface area (Å²) in [5, 5.41) is 30.3. The predicted molar refractivity (Wildman–Crippen MR) is 107 cm³/mol. The molecule has 0 amide bonds. The fourth-order valence-electron chi connectivity index (χ4n) is 4.40. The van der Waals surface area contributed by atoms with Gasteiger partial charge in [-0.1, -0.05) is 30.3 Å². The number of rotatable bonds is 4. The highest BCUT2D eigenvalue weighted by molar-refractivity contribution is 5.74. The van der Waals surface area contributed by atoms with Gasteiger partial charge in [-0.05, 0) is 12.0 Å². The molecule has 3 aromatic rings. The molecule has 2 aliphatic heterocycles. The fraction of sp³-hybridized carbons (Fsp3) is 0.450. The third-order valence-corrected chi connectivity index (χ3v) is 5.98. The van der Waals surface area contributed by atoms with Gasteiger partial charge in [0.25, 0.3) is 5.56 Å². The lowest BCUT2D eigenvalue weighted by Gasteiger charge is -2.24. The van der Waals surface area contributed by atoms with E-state index in [2.05, 4.69) is 27.1 Å². The highest BCUT2D eigenvalue weighted by Gasteiger charge is 2.45. The average Bonchev–Trinajstić information content (AvgIpc) is 3.46. The van der Waals surface area contributed by atoms with Crippen molar-refractivity contribution in [3.8, 4) is 0 Å². The molecule has 1 aromatic carbocycles. The number of nitrogens with one attached hydrogen (secondary N) is 1. The van der Waals surface area contributed by atoms with E-state index >= 15 is 0 Å². The first kappa shape index (κ1) is 19.2. The van der Waals surface area contributed by atoms with E-state index in [0.717, 1.165) is 6.42 Å². The first-order chi connectivity index (χ1) is 14.6. The third kappa shape index (κ3) is 3.00. The van der Waals surface area contributed by atoms with Crippen LogP contribution >= 0.6 is 0 Å². The maximum absolute atomic E-state index is 12.3. The van der Waals surface area contributed by atoms with Crippen LogP contribution in [0.25, 0.3) is 11.2 Å². The number of H-pyrrole nitrogens is 1. The second kappa shape index (κ2) is 7.47. The van der Waals surface area contributed by atoms with Crippen molar-refractivity contribution >= 4 is 17.1 Å². The Hall–Kier alpha value is -2.79. The molecule has 0 aliphatic carbocycles. The maximum atomic E-state index is 12.3. The van der Waals surface area contributed by atoms with E-state index in [1.165, 1.54) is 11.9 Å². The summed E-state index contributed by atoms with van der Waals surface area (Å²) in [5.74, 6) is 0.748. The molecule has 0 radical (unpaired) electrons. The molecule has 5 rings (SSSR count). The molecule has 10 nitrogen and oxygen atoms in total. The molecule has 0 bridgehead atoms. The molecule has 2 aliphatic rings. The van der Waals surface area contributed by atoms with Crippen LogP contribution in [0.4, 0.5) is 5.95 Å². The van der Waals surface area contributed by atoms with Gasteiger partial charge >= 0.3 is 0 Å². The number of nitrogens with zero attached hydrogens (tertiary/aromatic N) is 4. The summed E-state index contributed by atoms with van der Waals surface area (Å²) >= 11 is 0. The summed E-state index contributed by atoms with van der Waals surface area (Å²) in [5.41, 5.74) is 1.22. The lowest BCUT2D eigenvalue weighted by Crippen LogP contribution is -2.34. The van der Waals surface area contributed by atoms with Crippen LogP contribution in [0.2, 0.25) is 0 Å². The summed E-state index contributed by atoms with van der Waals surface area (Å²) in [6.45, 7) is 0.945. The second-order valence-corrected chi connectivity index (χ2v) is 7.76. The van der Waals surface area contributed by atoms with Crippen molar-refractivity contribution in [3.05, 3.63) is 52.6 Å². The summed E-state index contributed by atoms with van der Waals surface area (Å²) in [6.07, 6.45) is -2.34. The minimum Gasteiger partial charge on any atom is -0.394 e. The van der Waals surface area contributed by atoms with Crippen molar-refractivity contribution < 1.29 is 20.1 Å². The molecule has 0 unspecified atom stereocenters. The first-order valence-electron chi connectivity index (χ1n) is 9.96. The standard InChI is InChI=1S/C20H23N5O5/c26-9-13-15(27)16(28)19(30-13)25-17-14(18(29)22-10-21-17)23-20(25)24-7-6-12(8-24)11-4-2-1-3-5-11/h1-5,10,12-13,15-16,19,26-28H,6-9H2,(H,21,22,29)/t12-,13-,15-,16-,19-/m1/s1. The highest BCUT2D eigenvalue weighted by Crippen LogP contribution is 2.37. The number of anilines is 1. The van der Waals surface area contributed by atoms with E-state index < -0.39 is 36.7 Å². The molecular weight excluding hydrogens is 390 g/mol. The van der Waals surface area contributed by atoms with Gasteiger partial charge in [0, 0.05) is 19.0 Å². The van der Waals surface area contributed by atoms with Crippen LogP contribution in [0.1, 0.15) is 24.1 Å². The monoisotopic (exact) mass is 413 g/mol. The van der Waals surface area contributed by atoms with Crippen molar-refractivity contribution in [1.29, 1.82) is 0 Å². The normalized spacial score (nSPS) is 29.2. The molecule has 4 N–H and O–H groups in total. The Balaban J connectivity index is 1.57. The number of imidazole rings is 1. The molecule has 10 heteroatoms. The van der Waals surface area contributed by atoms with Crippen molar-refractivity contribution in [2.45, 2.75) is 36.9 Å². The minimum absolute atomic E-state index is 0.133. The first-order valence-corrected chi connectivity index (χ1v) is 9.96. The average molecular weight is 413 g/mol. The Morgan fingerprint density at radius 2 is 2.00 bits per heavy atom. The number of hydrogen-bond acceptors (Lipinski definition) is 8. The molecule has 5 atom stereocenters. The van der Waals surface area contributed by atoms with Crippen LogP contribution in [-0.4, -0.2) is 72.8 Å². The number of benzene rings is 1. The predicted octanol–water partition coefficient (Wildman–Crippen LogP) is -0.275. The molecule has 2 aromatic heterocycles. The smallest absolute Gasteiger partial charge is 0.278 e. The Labute approximate surface area is 171 Å². The zero-order valence-electron chi connectivity index (χ0n) is 16.1. The SMILES string of the molecule is O=c1[nH]cnc2c1nc(N1CC[C@@H](c3ccccc3)C1)n2[C@@H]1O[C@H](CO)[C@@H](O)[C@H]1O. The van der Waals surface area contributed by atoms with Gasteiger partial charge in [0.05, 0.1) is 12.9 Å². The summed E-state index contributed by atoms with van der Waals surface area (Å²) < 4.78 is 7.29. The molecule has 30 heavy (non-hydrogen) atoms. The van der Waals surface area contributed by atoms with Crippen LogP contribution in [0, 0.1) is 0 Å². The quantitative estimate of drug-likeness (QED) is 0.459. The van der Waals surface area contributed by atoms with E-state index in [1.54, 1.807) is 4.57 Å². The molecule has 2 saturated heterocycles. The molecule has 158 valence electrons. The third-order valence-electron chi connectivity index (χ3n) is 5.98. The lowest BCUT2D eigenvalue weighted by atomic mass is 9.99. The Morgan fingerprint density at radius 3 is 2.73 bits per heavy atom. The van der Waals surface area contributed by atoms with Crippen LogP contribution < -0.4 is 10.5 Å². The fourth-order valence-corrected chi connectivity index (χ4v) is 4.40. The van der Waals surface area contributed by atoms with Gasteiger partial charge in [-0.15, -0.1) is 0 Å². The molecular formula is C20H23N5O5. The van der Waals surface area contributed by atoms with Crippen LogP contribution in [-0.2, 0) is 4.74 Å². The number of aliphatic hydroxyl groups is 3. The Kier molecular flexibility index (Phi) is 4.78. The molecule has 0 spiro atoms. The number of aromatic amines is 1. The summed E-state index contributed by atoms with van der Waals surface area (Å²) in [4.78, 5) is 25.7. The van der Waals surface area contributed by atoms with Crippen molar-refractivity contribution in [3.63, 3.8) is 0 Å². The second-order valence-electron chi connectivity index (χ2n) is 7.76. The van der Waals surface area contributed by atoms with E-state index in [-0.39, 0.29) is 11.2 Å². The zero-order valence-corrected chi connectivity index (χ0v) is 16.1. The van der Waals surface area contributed by atoms with Crippen LogP contribution in [0.15, 0.2) is 41.5 Å². The Bertz CT molecular complexity index is 1100. The van der Waals surface area contributed by atoms with Crippen molar-refractivity contribution in [2.24, 2.45) is 0 Å². The number of ether oxygens (including phenoxy) is 1. The van der Waals surface area contributed by atoms with E-state index in [4.69, 9.17) is 4.74 Å². The van der Waals surface area contributed by atoms with Gasteiger partial charge in [-0.2, -0.15) is 0 Å². The van der Waals surface area contributed by atoms with Gasteiger partial charge in [-0.25, -0.2) is 9.97 Å². The van der Waals surface area contributed by atoms with Gasteiger partial charge in [-0.3, -0.25) is 9.36 Å². The number of aliphatic hydroxyl groups excluding tert-OH is 3. The zero-order chi connectivity index (χ0) is 20.8. The number of fused-ring (bicyclic) bond motifs is 1. The topological polar surface area (TPSA) is 137 Å². The lowest BCUT2D eigenvalue weighted by molar-refractivity contribution is -0.0504. The minimum atomic E-state index is -1.30. The van der Waals surface area contributed by atoms with E-state index in [9.17, 15) is 20.1 Å². The van der Waals surface area contributed by atoms with Gasteiger partial charge in [0.2, 0.25) is 5.95 Å². The van der Waals surface area contributed by atoms with Gasteiger partial charge in [0.1, 0.15) is 18.3 Å². The molecule has 4 heterocycles. The van der Waals surface area contributed by atoms with Crippen molar-refractivity contribution in [2.75, 3.05) is 24.6 Å². The largest absolute Gasteiger partial charge is 0.394 e. The molecule has 2 fully saturated rings. The van der Waals surface area contributed by atoms with Gasteiger partial charge < -0.3 is 29.9 Å². The van der Waals surface area contributed by atoms with E-state index in [1.807, 2.05) is 23.1 Å². The summed E-state index contributed by atoms with van der Waals surface area (Å²) in [7, 11) is 0. The maximum Gasteiger partial charge on any atom is 0.278 e. The highest BCUT2D eigenvalue weighted by atomic mass is 16.6. The number of aromatic nitrogens is 4.